The van der Waals surface area contributed by atoms with E-state index in [2.05, 4.69) is 21.0 Å². The van der Waals surface area contributed by atoms with Crippen LogP contribution in [-0.4, -0.2) is 41.2 Å². The maximum Gasteiger partial charge on any atom is 0.312 e. The molecule has 0 aliphatic heterocycles. The van der Waals surface area contributed by atoms with Crippen molar-refractivity contribution in [2.24, 2.45) is 0 Å². The minimum absolute atomic E-state index is 0.0789. The summed E-state index contributed by atoms with van der Waals surface area (Å²) in [6.45, 7) is 2.69. The second-order valence-electron chi connectivity index (χ2n) is 5.50. The quantitative estimate of drug-likeness (QED) is 0.487. The van der Waals surface area contributed by atoms with Crippen molar-refractivity contribution >= 4 is 23.2 Å². The summed E-state index contributed by atoms with van der Waals surface area (Å²) in [6, 6.07) is 0. The van der Waals surface area contributed by atoms with Crippen molar-refractivity contribution in [3.05, 3.63) is 44.0 Å². The summed E-state index contributed by atoms with van der Waals surface area (Å²) in [5.74, 6) is -1.17. The van der Waals surface area contributed by atoms with Crippen LogP contribution in [0.25, 0.3) is 0 Å². The topological polar surface area (TPSA) is 180 Å². The molecule has 2 aromatic heterocycles. The first kappa shape index (κ1) is 19.5. The maximum absolute atomic E-state index is 11.9. The van der Waals surface area contributed by atoms with Crippen LogP contribution >= 0.6 is 0 Å². The zero-order chi connectivity index (χ0) is 20.1. The van der Waals surface area contributed by atoms with Gasteiger partial charge in [-0.15, -0.1) is 0 Å². The zero-order valence-corrected chi connectivity index (χ0v) is 14.4. The highest BCUT2D eigenvalue weighted by molar-refractivity contribution is 5.81. The lowest BCUT2D eigenvalue weighted by Crippen LogP contribution is -2.43. The number of hydrogen-bond donors (Lipinski definition) is 2. The van der Waals surface area contributed by atoms with Crippen molar-refractivity contribution in [3.8, 4) is 0 Å². The number of aryl methyl sites for hydroxylation is 2. The highest BCUT2D eigenvalue weighted by atomic mass is 16.6. The van der Waals surface area contributed by atoms with Gasteiger partial charge in [0.2, 0.25) is 5.91 Å². The Morgan fingerprint density at radius 2 is 1.81 bits per heavy atom. The van der Waals surface area contributed by atoms with Gasteiger partial charge in [-0.05, 0) is 13.8 Å². The molecule has 0 saturated carbocycles. The largest absolute Gasteiger partial charge is 0.312 e. The molecule has 0 aliphatic rings. The predicted molar refractivity (Wildman–Crippen MR) is 88.1 cm³/mol. The van der Waals surface area contributed by atoms with Crippen molar-refractivity contribution in [1.29, 1.82) is 0 Å². The first-order valence-corrected chi connectivity index (χ1v) is 7.62. The van der Waals surface area contributed by atoms with E-state index in [1.54, 1.807) is 0 Å². The van der Waals surface area contributed by atoms with Crippen LogP contribution in [0.3, 0.4) is 0 Å². The van der Waals surface area contributed by atoms with Crippen LogP contribution in [-0.2, 0) is 22.7 Å². The highest BCUT2D eigenvalue weighted by Gasteiger charge is 2.22. The van der Waals surface area contributed by atoms with Crippen LogP contribution in [0.2, 0.25) is 0 Å². The molecule has 0 unspecified atom stereocenters. The van der Waals surface area contributed by atoms with Gasteiger partial charge in [-0.2, -0.15) is 10.2 Å². The van der Waals surface area contributed by atoms with Crippen LogP contribution in [0.5, 0.6) is 0 Å². The molecule has 2 amide bonds. The molecule has 2 N–H and O–H groups in total. The summed E-state index contributed by atoms with van der Waals surface area (Å²) in [4.78, 5) is 43.9. The molecule has 0 spiro atoms. The molecule has 0 aromatic carbocycles. The summed E-state index contributed by atoms with van der Waals surface area (Å²) in [5, 5.41) is 29.1. The molecule has 2 aromatic rings. The first-order chi connectivity index (χ1) is 12.7. The van der Waals surface area contributed by atoms with E-state index in [1.165, 1.54) is 24.7 Å². The molecular formula is C13H16N8O6. The van der Waals surface area contributed by atoms with Crippen molar-refractivity contribution in [1.82, 2.24) is 30.4 Å². The molecule has 2 heterocycles. The number of carbonyl (C=O) groups is 2. The fourth-order valence-corrected chi connectivity index (χ4v) is 2.27. The van der Waals surface area contributed by atoms with Crippen molar-refractivity contribution in [2.45, 2.75) is 33.4 Å². The average molecular weight is 380 g/mol. The predicted octanol–water partition coefficient (Wildman–Crippen LogP) is -0.249. The Labute approximate surface area is 151 Å². The van der Waals surface area contributed by atoms with Gasteiger partial charge >= 0.3 is 11.4 Å². The molecule has 14 nitrogen and oxygen atoms in total. The number of amides is 2. The van der Waals surface area contributed by atoms with Gasteiger partial charge in [0, 0.05) is 6.42 Å². The monoisotopic (exact) mass is 380 g/mol. The summed E-state index contributed by atoms with van der Waals surface area (Å²) >= 11 is 0. The number of nitrogens with zero attached hydrogens (tertiary/aromatic N) is 6. The lowest BCUT2D eigenvalue weighted by Gasteiger charge is -2.08. The Bertz CT molecular complexity index is 901. The van der Waals surface area contributed by atoms with Gasteiger partial charge in [0.05, 0.1) is 16.4 Å². The van der Waals surface area contributed by atoms with Crippen molar-refractivity contribution in [3.63, 3.8) is 0 Å². The third-order valence-corrected chi connectivity index (χ3v) is 3.56. The summed E-state index contributed by atoms with van der Waals surface area (Å²) in [6.07, 6.45) is 2.17. The van der Waals surface area contributed by atoms with E-state index in [-0.39, 0.29) is 42.3 Å². The Balaban J connectivity index is 1.81. The molecular weight excluding hydrogens is 364 g/mol. The number of hydrogen-bond acceptors (Lipinski definition) is 8. The molecule has 14 heteroatoms. The van der Waals surface area contributed by atoms with E-state index in [9.17, 15) is 29.8 Å². The Morgan fingerprint density at radius 1 is 1.15 bits per heavy atom. The van der Waals surface area contributed by atoms with Gasteiger partial charge in [0.1, 0.15) is 30.3 Å². The van der Waals surface area contributed by atoms with Crippen LogP contribution in [0.1, 0.15) is 17.8 Å². The van der Waals surface area contributed by atoms with Crippen LogP contribution < -0.4 is 10.9 Å². The Morgan fingerprint density at radius 3 is 2.37 bits per heavy atom. The number of carbonyl (C=O) groups excluding carboxylic acids is 2. The number of aromatic nitrogens is 4. The van der Waals surface area contributed by atoms with E-state index in [4.69, 9.17) is 0 Å². The lowest BCUT2D eigenvalue weighted by atomic mass is 10.3. The van der Waals surface area contributed by atoms with Gasteiger partial charge in [0.25, 0.3) is 5.91 Å². The number of nitrogens with one attached hydrogen (secondary N) is 2. The van der Waals surface area contributed by atoms with E-state index in [1.807, 2.05) is 0 Å². The van der Waals surface area contributed by atoms with Crippen LogP contribution in [0.4, 0.5) is 11.4 Å². The van der Waals surface area contributed by atoms with Gasteiger partial charge in [-0.1, -0.05) is 0 Å². The minimum atomic E-state index is -0.626. The Hall–Kier alpha value is -3.84. The summed E-state index contributed by atoms with van der Waals surface area (Å²) in [5.41, 5.74) is 4.39. The highest BCUT2D eigenvalue weighted by Crippen LogP contribution is 2.21. The first-order valence-electron chi connectivity index (χ1n) is 7.62. The number of nitro groups is 2. The van der Waals surface area contributed by atoms with Crippen molar-refractivity contribution in [2.75, 3.05) is 0 Å². The normalized spacial score (nSPS) is 10.4. The number of rotatable bonds is 7. The maximum atomic E-state index is 11.9. The van der Waals surface area contributed by atoms with Gasteiger partial charge in [-0.25, -0.2) is 0 Å². The second-order valence-corrected chi connectivity index (χ2v) is 5.50. The summed E-state index contributed by atoms with van der Waals surface area (Å²) in [7, 11) is 0. The molecule has 0 atom stereocenters. The van der Waals surface area contributed by atoms with Crippen molar-refractivity contribution < 1.29 is 19.4 Å². The molecule has 0 bridgehead atoms. The third kappa shape index (κ3) is 4.83. The van der Waals surface area contributed by atoms with E-state index >= 15 is 0 Å². The van der Waals surface area contributed by atoms with Gasteiger partial charge < -0.3 is 0 Å². The summed E-state index contributed by atoms with van der Waals surface area (Å²) < 4.78 is 2.40. The van der Waals surface area contributed by atoms with Crippen LogP contribution in [0.15, 0.2) is 12.4 Å². The van der Waals surface area contributed by atoms with E-state index in [0.717, 1.165) is 10.9 Å². The molecule has 0 radical (unpaired) electrons. The van der Waals surface area contributed by atoms with E-state index in [0.29, 0.717) is 0 Å². The van der Waals surface area contributed by atoms with E-state index < -0.39 is 21.7 Å². The smallest absolute Gasteiger partial charge is 0.273 e. The molecule has 0 aliphatic carbocycles. The zero-order valence-electron chi connectivity index (χ0n) is 14.4. The van der Waals surface area contributed by atoms with Gasteiger partial charge in [-0.3, -0.25) is 50.0 Å². The molecule has 144 valence electrons. The SMILES string of the molecule is Cc1nn(CC(=O)NNC(=O)CCn2cc([N+](=O)[O-])cn2)c(C)c1[N+](=O)[O-]. The van der Waals surface area contributed by atoms with Gasteiger partial charge in [0.15, 0.2) is 0 Å². The Kier molecular flexibility index (Phi) is 5.79. The third-order valence-electron chi connectivity index (χ3n) is 3.56. The number of hydrazine groups is 1. The molecule has 27 heavy (non-hydrogen) atoms. The fraction of sp³-hybridized carbons (Fsp3) is 0.385. The molecule has 0 saturated heterocycles. The fourth-order valence-electron chi connectivity index (χ4n) is 2.27. The second kappa shape index (κ2) is 8.03. The average Bonchev–Trinajstić information content (AvgIpc) is 3.16. The minimum Gasteiger partial charge on any atom is -0.273 e. The van der Waals surface area contributed by atoms with Crippen LogP contribution in [0, 0.1) is 34.1 Å². The molecule has 0 fully saturated rings. The lowest BCUT2D eigenvalue weighted by molar-refractivity contribution is -0.386. The standard InChI is InChI=1S/C13H16N8O6/c1-8-13(21(26)27)9(2)19(17-8)7-12(23)16-15-11(22)3-4-18-6-10(5-14-18)20(24)25/h5-6H,3-4,7H2,1-2H3,(H,15,22)(H,16,23). The molecule has 2 rings (SSSR count).